The topological polar surface area (TPSA) is 63.2 Å². The second-order valence-corrected chi connectivity index (χ2v) is 6.62. The Bertz CT molecular complexity index is 628. The van der Waals surface area contributed by atoms with Gasteiger partial charge in [-0.25, -0.2) is 18.4 Å². The smallest absolute Gasteiger partial charge is 0.246 e. The van der Waals surface area contributed by atoms with E-state index in [1.165, 1.54) is 41.0 Å². The Kier molecular flexibility index (Phi) is 3.96. The molecule has 5 nitrogen and oxygen atoms in total. The molecule has 0 N–H and O–H groups in total. The van der Waals surface area contributed by atoms with Gasteiger partial charge in [0.15, 0.2) is 0 Å². The maximum atomic E-state index is 12.3. The maximum absolute atomic E-state index is 12.3. The number of rotatable bonds is 4. The highest BCUT2D eigenvalue weighted by Crippen LogP contribution is 2.22. The summed E-state index contributed by atoms with van der Waals surface area (Å²) >= 11 is 7.22. The van der Waals surface area contributed by atoms with Gasteiger partial charge in [0.2, 0.25) is 10.0 Å². The van der Waals surface area contributed by atoms with Crippen LogP contribution in [0.5, 0.6) is 0 Å². The van der Waals surface area contributed by atoms with Crippen LogP contribution in [0.2, 0.25) is 5.15 Å². The summed E-state index contributed by atoms with van der Waals surface area (Å²) in [5.41, 5.74) is 2.36. The van der Waals surface area contributed by atoms with Crippen molar-refractivity contribution in [2.75, 3.05) is 7.05 Å². The molecule has 2 heterocycles. The predicted molar refractivity (Wildman–Crippen MR) is 70.0 cm³/mol. The van der Waals surface area contributed by atoms with Gasteiger partial charge < -0.3 is 0 Å². The van der Waals surface area contributed by atoms with E-state index in [0.29, 0.717) is 5.69 Å². The monoisotopic (exact) mass is 303 g/mol. The van der Waals surface area contributed by atoms with Crippen LogP contribution in [0, 0.1) is 0 Å². The first-order valence-corrected chi connectivity index (χ1v) is 7.72. The summed E-state index contributed by atoms with van der Waals surface area (Å²) < 4.78 is 25.7. The first-order chi connectivity index (χ1) is 8.51. The summed E-state index contributed by atoms with van der Waals surface area (Å²) in [5, 5.41) is 1.78. The van der Waals surface area contributed by atoms with Crippen molar-refractivity contribution in [3.8, 4) is 0 Å². The number of thiazole rings is 1. The zero-order chi connectivity index (χ0) is 13.2. The fraction of sp³-hybridized carbons (Fsp3) is 0.200. The molecule has 0 unspecified atom stereocenters. The highest BCUT2D eigenvalue weighted by molar-refractivity contribution is 7.89. The van der Waals surface area contributed by atoms with Gasteiger partial charge in [0, 0.05) is 18.6 Å². The molecular weight excluding hydrogens is 294 g/mol. The van der Waals surface area contributed by atoms with Crippen molar-refractivity contribution in [3.05, 3.63) is 40.1 Å². The molecule has 0 fully saturated rings. The molecule has 2 aromatic heterocycles. The van der Waals surface area contributed by atoms with Crippen molar-refractivity contribution < 1.29 is 8.42 Å². The minimum Gasteiger partial charge on any atom is -0.248 e. The van der Waals surface area contributed by atoms with E-state index in [0.717, 1.165) is 0 Å². The van der Waals surface area contributed by atoms with Crippen LogP contribution in [-0.2, 0) is 16.6 Å². The van der Waals surface area contributed by atoms with Crippen LogP contribution in [0.3, 0.4) is 0 Å². The van der Waals surface area contributed by atoms with Crippen molar-refractivity contribution in [1.29, 1.82) is 0 Å². The summed E-state index contributed by atoms with van der Waals surface area (Å²) in [4.78, 5) is 7.82. The molecule has 0 amide bonds. The highest BCUT2D eigenvalue weighted by Gasteiger charge is 2.24. The third kappa shape index (κ3) is 2.69. The summed E-state index contributed by atoms with van der Waals surface area (Å²) in [7, 11) is -2.16. The molecule has 0 aliphatic heterocycles. The molecule has 2 rings (SSSR count). The summed E-state index contributed by atoms with van der Waals surface area (Å²) in [6, 6.07) is 2.97. The second-order valence-electron chi connectivity index (χ2n) is 3.53. The fourth-order valence-electron chi connectivity index (χ4n) is 1.36. The molecule has 18 heavy (non-hydrogen) atoms. The predicted octanol–water partition coefficient (Wildman–Crippen LogP) is 2.01. The van der Waals surface area contributed by atoms with Gasteiger partial charge in [-0.15, -0.1) is 11.3 Å². The first kappa shape index (κ1) is 13.4. The lowest BCUT2D eigenvalue weighted by Gasteiger charge is -2.16. The molecule has 0 radical (unpaired) electrons. The Morgan fingerprint density at radius 1 is 1.44 bits per heavy atom. The molecule has 2 aromatic rings. The standard InChI is InChI=1S/C10H10ClN3O2S2/c1-14(5-8-6-17-7-13-8)18(15,16)9-3-2-4-12-10(9)11/h2-4,6-7H,5H2,1H3. The summed E-state index contributed by atoms with van der Waals surface area (Å²) in [6.45, 7) is 0.205. The third-order valence-electron chi connectivity index (χ3n) is 2.28. The molecule has 0 aliphatic rings. The maximum Gasteiger partial charge on any atom is 0.246 e. The lowest BCUT2D eigenvalue weighted by atomic mass is 10.5. The Hall–Kier alpha value is -1.02. The van der Waals surface area contributed by atoms with Crippen LogP contribution in [0.4, 0.5) is 0 Å². The molecule has 0 aliphatic carbocycles. The average molecular weight is 304 g/mol. The van der Waals surface area contributed by atoms with Gasteiger partial charge in [-0.2, -0.15) is 4.31 Å². The third-order valence-corrected chi connectivity index (χ3v) is 5.16. The minimum absolute atomic E-state index is 0.00407. The minimum atomic E-state index is -3.64. The average Bonchev–Trinajstić information content (AvgIpc) is 2.82. The van der Waals surface area contributed by atoms with Crippen molar-refractivity contribution in [1.82, 2.24) is 14.3 Å². The molecule has 96 valence electrons. The molecule has 0 saturated heterocycles. The Labute approximate surface area is 114 Å². The van der Waals surface area contributed by atoms with Gasteiger partial charge in [-0.3, -0.25) is 0 Å². The molecule has 0 aromatic carbocycles. The quantitative estimate of drug-likeness (QED) is 0.811. The number of pyridine rings is 1. The molecule has 0 bridgehead atoms. The fourth-order valence-corrected chi connectivity index (χ4v) is 3.48. The van der Waals surface area contributed by atoms with E-state index in [1.54, 1.807) is 10.9 Å². The van der Waals surface area contributed by atoms with Crippen molar-refractivity contribution in [2.24, 2.45) is 0 Å². The number of hydrogen-bond donors (Lipinski definition) is 0. The SMILES string of the molecule is CN(Cc1cscn1)S(=O)(=O)c1cccnc1Cl. The molecule has 0 spiro atoms. The van der Waals surface area contributed by atoms with Gasteiger partial charge in [0.25, 0.3) is 0 Å². The van der Waals surface area contributed by atoms with E-state index in [2.05, 4.69) is 9.97 Å². The second kappa shape index (κ2) is 5.31. The number of nitrogens with zero attached hydrogens (tertiary/aromatic N) is 3. The first-order valence-electron chi connectivity index (χ1n) is 4.96. The molecular formula is C10H10ClN3O2S2. The normalized spacial score (nSPS) is 11.9. The van der Waals surface area contributed by atoms with Gasteiger partial charge in [0.05, 0.1) is 17.7 Å². The van der Waals surface area contributed by atoms with E-state index < -0.39 is 10.0 Å². The zero-order valence-electron chi connectivity index (χ0n) is 9.45. The molecule has 0 saturated carbocycles. The van der Waals surface area contributed by atoms with Crippen molar-refractivity contribution >= 4 is 33.0 Å². The largest absolute Gasteiger partial charge is 0.248 e. The van der Waals surface area contributed by atoms with E-state index in [-0.39, 0.29) is 16.6 Å². The number of halogens is 1. The molecule has 8 heteroatoms. The van der Waals surface area contributed by atoms with Gasteiger partial charge in [-0.1, -0.05) is 11.6 Å². The van der Waals surface area contributed by atoms with E-state index in [1.807, 2.05) is 0 Å². The van der Waals surface area contributed by atoms with Crippen LogP contribution in [0.15, 0.2) is 34.1 Å². The van der Waals surface area contributed by atoms with E-state index in [4.69, 9.17) is 11.6 Å². The lowest BCUT2D eigenvalue weighted by molar-refractivity contribution is 0.463. The summed E-state index contributed by atoms with van der Waals surface area (Å²) in [5.74, 6) is 0. The lowest BCUT2D eigenvalue weighted by Crippen LogP contribution is -2.27. The Balaban J connectivity index is 2.29. The zero-order valence-corrected chi connectivity index (χ0v) is 11.8. The number of hydrogen-bond acceptors (Lipinski definition) is 5. The van der Waals surface area contributed by atoms with Crippen LogP contribution in [0.1, 0.15) is 5.69 Å². The van der Waals surface area contributed by atoms with Crippen molar-refractivity contribution in [3.63, 3.8) is 0 Å². The number of aromatic nitrogens is 2. The van der Waals surface area contributed by atoms with Crippen LogP contribution in [0.25, 0.3) is 0 Å². The number of sulfonamides is 1. The highest BCUT2D eigenvalue weighted by atomic mass is 35.5. The van der Waals surface area contributed by atoms with Crippen LogP contribution in [-0.4, -0.2) is 29.7 Å². The van der Waals surface area contributed by atoms with E-state index >= 15 is 0 Å². The van der Waals surface area contributed by atoms with Crippen LogP contribution < -0.4 is 0 Å². The summed E-state index contributed by atoms with van der Waals surface area (Å²) in [6.07, 6.45) is 1.45. The van der Waals surface area contributed by atoms with E-state index in [9.17, 15) is 8.42 Å². The Morgan fingerprint density at radius 3 is 2.83 bits per heavy atom. The van der Waals surface area contributed by atoms with Gasteiger partial charge in [0.1, 0.15) is 10.0 Å². The van der Waals surface area contributed by atoms with Crippen molar-refractivity contribution in [2.45, 2.75) is 11.4 Å². The van der Waals surface area contributed by atoms with Gasteiger partial charge >= 0.3 is 0 Å². The van der Waals surface area contributed by atoms with Crippen LogP contribution >= 0.6 is 22.9 Å². The molecule has 0 atom stereocenters. The van der Waals surface area contributed by atoms with Gasteiger partial charge in [-0.05, 0) is 12.1 Å². The Morgan fingerprint density at radius 2 is 2.22 bits per heavy atom.